The van der Waals surface area contributed by atoms with Crippen molar-refractivity contribution in [1.29, 1.82) is 0 Å². The summed E-state index contributed by atoms with van der Waals surface area (Å²) in [6.07, 6.45) is 0. The first kappa shape index (κ1) is 18.5. The quantitative estimate of drug-likeness (QED) is 0.254. The summed E-state index contributed by atoms with van der Waals surface area (Å²) < 4.78 is 23.1. The summed E-state index contributed by atoms with van der Waals surface area (Å²) in [4.78, 5) is 19.4. The third kappa shape index (κ3) is 4.45. The van der Waals surface area contributed by atoms with Crippen LogP contribution in [0.4, 0.5) is 21.8 Å². The molecule has 2 aromatic heterocycles. The first-order valence-electron chi connectivity index (χ1n) is 7.17. The second-order valence-corrected chi connectivity index (χ2v) is 5.80. The number of hydrogen-bond donors (Lipinski definition) is 2. The van der Waals surface area contributed by atoms with E-state index >= 15 is 0 Å². The summed E-state index contributed by atoms with van der Waals surface area (Å²) in [5.41, 5.74) is 8.57. The number of nitrogens with one attached hydrogen (secondary N) is 1. The van der Waals surface area contributed by atoms with Crippen LogP contribution in [0.2, 0.25) is 0 Å². The highest BCUT2D eigenvalue weighted by Crippen LogP contribution is 2.23. The number of benzene rings is 1. The largest absolute Gasteiger partial charge is 0.433 e. The van der Waals surface area contributed by atoms with Gasteiger partial charge in [-0.05, 0) is 50.5 Å². The topological polar surface area (TPSA) is 155 Å². The highest BCUT2D eigenvalue weighted by Gasteiger charge is 2.16. The highest BCUT2D eigenvalue weighted by atomic mass is 79.9. The normalized spacial score (nSPS) is 11.6. The van der Waals surface area contributed by atoms with Crippen LogP contribution in [0.5, 0.6) is 0 Å². The smallest absolute Gasteiger partial charge is 0.403 e. The van der Waals surface area contributed by atoms with Crippen molar-refractivity contribution in [2.24, 2.45) is 4.99 Å². The standard InChI is InChI=1S/C14H10BrFN6O5/c15-9-5-7(1-3-10(9)16)18-14(12-13(17)20-27-19-12)21-25-6-8-2-4-11(26-8)22(23)24/h1-5H,6H2,(H2,17,20)(H,18,21). The van der Waals surface area contributed by atoms with Gasteiger partial charge in [0, 0.05) is 0 Å². The zero-order valence-corrected chi connectivity index (χ0v) is 14.8. The van der Waals surface area contributed by atoms with E-state index in [9.17, 15) is 14.5 Å². The SMILES string of the molecule is Nc1nonc1C(=Nc1ccc(F)c(Br)c1)NOCc1ccc([N+](=O)[O-])o1. The molecule has 2 heterocycles. The van der Waals surface area contributed by atoms with E-state index in [4.69, 9.17) is 15.0 Å². The summed E-state index contributed by atoms with van der Waals surface area (Å²) in [5.74, 6) is -0.706. The molecule has 0 spiro atoms. The number of aliphatic imine (C=N–C) groups is 1. The molecule has 0 unspecified atom stereocenters. The lowest BCUT2D eigenvalue weighted by atomic mass is 10.3. The molecule has 13 heteroatoms. The third-order valence-corrected chi connectivity index (χ3v) is 3.70. The Morgan fingerprint density at radius 2 is 2.22 bits per heavy atom. The van der Waals surface area contributed by atoms with Crippen LogP contribution in [0.3, 0.4) is 0 Å². The molecule has 11 nitrogen and oxygen atoms in total. The molecular formula is C14H10BrFN6O5. The second kappa shape index (κ2) is 7.92. The number of anilines is 1. The fourth-order valence-corrected chi connectivity index (χ4v) is 2.25. The van der Waals surface area contributed by atoms with Gasteiger partial charge in [-0.1, -0.05) is 0 Å². The van der Waals surface area contributed by atoms with E-state index in [0.717, 1.165) is 0 Å². The maximum Gasteiger partial charge on any atom is 0.433 e. The van der Waals surface area contributed by atoms with Gasteiger partial charge in [0.15, 0.2) is 17.3 Å². The number of nitrogens with two attached hydrogens (primary N) is 1. The van der Waals surface area contributed by atoms with Crippen molar-refractivity contribution in [3.8, 4) is 0 Å². The van der Waals surface area contributed by atoms with Gasteiger partial charge in [-0.3, -0.25) is 15.0 Å². The molecule has 0 aliphatic rings. The molecule has 0 bridgehead atoms. The number of hydrogen-bond acceptors (Lipinski definition) is 9. The fraction of sp³-hybridized carbons (Fsp3) is 0.0714. The lowest BCUT2D eigenvalue weighted by molar-refractivity contribution is -0.402. The number of nitrogens with zero attached hydrogens (tertiary/aromatic N) is 4. The van der Waals surface area contributed by atoms with Crippen molar-refractivity contribution < 1.29 is 23.2 Å². The highest BCUT2D eigenvalue weighted by molar-refractivity contribution is 9.10. The van der Waals surface area contributed by atoms with E-state index < -0.39 is 16.6 Å². The first-order chi connectivity index (χ1) is 12.9. The van der Waals surface area contributed by atoms with E-state index in [0.29, 0.717) is 5.69 Å². The Balaban J connectivity index is 1.78. The Morgan fingerprint density at radius 3 is 2.85 bits per heavy atom. The van der Waals surface area contributed by atoms with Gasteiger partial charge >= 0.3 is 5.88 Å². The summed E-state index contributed by atoms with van der Waals surface area (Å²) in [5, 5.41) is 17.7. The van der Waals surface area contributed by atoms with E-state index in [1.54, 1.807) is 0 Å². The minimum absolute atomic E-state index is 0.0216. The van der Waals surface area contributed by atoms with Gasteiger partial charge in [-0.2, -0.15) is 0 Å². The second-order valence-electron chi connectivity index (χ2n) is 4.94. The number of hydroxylamine groups is 1. The number of rotatable bonds is 6. The lowest BCUT2D eigenvalue weighted by Crippen LogP contribution is -2.25. The zero-order chi connectivity index (χ0) is 19.4. The molecule has 0 saturated heterocycles. The maximum absolute atomic E-state index is 13.4. The first-order valence-corrected chi connectivity index (χ1v) is 7.96. The monoisotopic (exact) mass is 440 g/mol. The predicted octanol–water partition coefficient (Wildman–Crippen LogP) is 2.85. The Morgan fingerprint density at radius 1 is 1.41 bits per heavy atom. The van der Waals surface area contributed by atoms with E-state index in [2.05, 4.69) is 41.3 Å². The van der Waals surface area contributed by atoms with E-state index in [1.807, 2.05) is 0 Å². The van der Waals surface area contributed by atoms with Crippen molar-refractivity contribution in [1.82, 2.24) is 15.8 Å². The van der Waals surface area contributed by atoms with Crippen LogP contribution in [-0.2, 0) is 11.4 Å². The Hall–Kier alpha value is -3.32. The van der Waals surface area contributed by atoms with E-state index in [-0.39, 0.29) is 34.2 Å². The maximum atomic E-state index is 13.4. The van der Waals surface area contributed by atoms with Crippen LogP contribution in [0.1, 0.15) is 11.5 Å². The van der Waals surface area contributed by atoms with Crippen molar-refractivity contribution in [3.63, 3.8) is 0 Å². The van der Waals surface area contributed by atoms with Crippen LogP contribution in [-0.4, -0.2) is 21.1 Å². The predicted molar refractivity (Wildman–Crippen MR) is 92.3 cm³/mol. The number of nitro groups is 1. The summed E-state index contributed by atoms with van der Waals surface area (Å²) in [6.45, 7) is -0.162. The zero-order valence-electron chi connectivity index (χ0n) is 13.3. The molecule has 0 aliphatic carbocycles. The molecule has 3 rings (SSSR count). The molecule has 27 heavy (non-hydrogen) atoms. The minimum Gasteiger partial charge on any atom is -0.403 e. The van der Waals surface area contributed by atoms with Gasteiger partial charge in [-0.15, -0.1) is 0 Å². The third-order valence-electron chi connectivity index (χ3n) is 3.09. The average molecular weight is 441 g/mol. The Kier molecular flexibility index (Phi) is 5.42. The van der Waals surface area contributed by atoms with Crippen LogP contribution < -0.4 is 11.2 Å². The fourth-order valence-electron chi connectivity index (χ4n) is 1.89. The van der Waals surface area contributed by atoms with Crippen LogP contribution in [0, 0.1) is 15.9 Å². The van der Waals surface area contributed by atoms with Gasteiger partial charge in [0.2, 0.25) is 0 Å². The molecule has 0 atom stereocenters. The molecule has 3 aromatic rings. The minimum atomic E-state index is -0.669. The van der Waals surface area contributed by atoms with Crippen molar-refractivity contribution >= 4 is 39.2 Å². The van der Waals surface area contributed by atoms with E-state index in [1.165, 1.54) is 30.3 Å². The molecule has 140 valence electrons. The molecule has 0 radical (unpaired) electrons. The van der Waals surface area contributed by atoms with Crippen LogP contribution in [0.25, 0.3) is 0 Å². The Bertz CT molecular complexity index is 1000. The molecule has 0 aliphatic heterocycles. The number of nitrogen functional groups attached to an aromatic ring is 1. The molecule has 1 aromatic carbocycles. The van der Waals surface area contributed by atoms with Gasteiger partial charge in [-0.25, -0.2) is 19.5 Å². The van der Waals surface area contributed by atoms with Crippen LogP contribution >= 0.6 is 15.9 Å². The number of aromatic nitrogens is 2. The van der Waals surface area contributed by atoms with Crippen LogP contribution in [0.15, 0.2) is 48.8 Å². The van der Waals surface area contributed by atoms with Gasteiger partial charge in [0.05, 0.1) is 16.2 Å². The lowest BCUT2D eigenvalue weighted by Gasteiger charge is -2.07. The number of halogens is 2. The van der Waals surface area contributed by atoms with Crippen molar-refractivity contribution in [3.05, 3.63) is 62.2 Å². The van der Waals surface area contributed by atoms with Gasteiger partial charge in [0.25, 0.3) is 0 Å². The Labute approximate surface area is 158 Å². The summed E-state index contributed by atoms with van der Waals surface area (Å²) in [7, 11) is 0. The van der Waals surface area contributed by atoms with Gasteiger partial charge in [0.1, 0.15) is 23.1 Å². The number of furan rings is 1. The van der Waals surface area contributed by atoms with Crippen molar-refractivity contribution in [2.75, 3.05) is 5.73 Å². The molecular weight excluding hydrogens is 431 g/mol. The molecule has 3 N–H and O–H groups in total. The molecule has 0 amide bonds. The average Bonchev–Trinajstić information content (AvgIpc) is 3.26. The molecule has 0 saturated carbocycles. The molecule has 0 fully saturated rings. The summed E-state index contributed by atoms with van der Waals surface area (Å²) in [6, 6.07) is 6.65. The summed E-state index contributed by atoms with van der Waals surface area (Å²) >= 11 is 3.06. The van der Waals surface area contributed by atoms with Crippen molar-refractivity contribution in [2.45, 2.75) is 6.61 Å². The number of amidine groups is 1. The van der Waals surface area contributed by atoms with Gasteiger partial charge < -0.3 is 10.2 Å².